The van der Waals surface area contributed by atoms with Gasteiger partial charge in [-0.15, -0.1) is 11.8 Å². The highest BCUT2D eigenvalue weighted by Crippen LogP contribution is 2.23. The molecule has 0 radical (unpaired) electrons. The van der Waals surface area contributed by atoms with Crippen molar-refractivity contribution in [2.75, 3.05) is 0 Å². The van der Waals surface area contributed by atoms with Crippen LogP contribution in [0.3, 0.4) is 0 Å². The van der Waals surface area contributed by atoms with Crippen molar-refractivity contribution >= 4 is 17.7 Å². The fraction of sp³-hybridized carbons (Fsp3) is 0.0769. The predicted molar refractivity (Wildman–Crippen MR) is 67.1 cm³/mol. The Hall–Kier alpha value is -1.95. The summed E-state index contributed by atoms with van der Waals surface area (Å²) >= 11 is 1.29. The van der Waals surface area contributed by atoms with Gasteiger partial charge in [0.25, 0.3) is 0 Å². The maximum Gasteiger partial charge on any atom is 0.354 e. The summed E-state index contributed by atoms with van der Waals surface area (Å²) in [4.78, 5) is 15.1. The van der Waals surface area contributed by atoms with Crippen LogP contribution in [0.15, 0.2) is 41.4 Å². The van der Waals surface area contributed by atoms with Crippen molar-refractivity contribution in [3.05, 3.63) is 59.4 Å². The summed E-state index contributed by atoms with van der Waals surface area (Å²) in [6, 6.07) is 6.36. The maximum atomic E-state index is 13.0. The van der Waals surface area contributed by atoms with E-state index in [0.717, 1.165) is 6.07 Å². The molecule has 98 valence electrons. The molecule has 3 nitrogen and oxygen atoms in total. The number of hydrogen-bond donors (Lipinski definition) is 1. The lowest BCUT2D eigenvalue weighted by Crippen LogP contribution is -1.99. The van der Waals surface area contributed by atoms with Gasteiger partial charge in [0.15, 0.2) is 0 Å². The first-order chi connectivity index (χ1) is 9.04. The highest BCUT2D eigenvalue weighted by Gasteiger charge is 2.06. The predicted octanol–water partition coefficient (Wildman–Crippen LogP) is 3.35. The standard InChI is InChI=1S/C13H9F2NO2S/c14-9-3-8(4-10(15)5-9)7-19-11-1-2-16-12(6-11)13(17)18/h1-6H,7H2,(H,17,18). The lowest BCUT2D eigenvalue weighted by Gasteiger charge is -2.03. The molecule has 0 aliphatic heterocycles. The number of aromatic carboxylic acids is 1. The van der Waals surface area contributed by atoms with Crippen LogP contribution in [0.25, 0.3) is 0 Å². The van der Waals surface area contributed by atoms with E-state index in [1.165, 1.54) is 36.2 Å². The summed E-state index contributed by atoms with van der Waals surface area (Å²) in [5, 5.41) is 8.80. The second kappa shape index (κ2) is 5.79. The van der Waals surface area contributed by atoms with Gasteiger partial charge in [0.05, 0.1) is 0 Å². The molecule has 0 atom stereocenters. The van der Waals surface area contributed by atoms with Crippen LogP contribution in [-0.2, 0) is 5.75 Å². The molecule has 6 heteroatoms. The third kappa shape index (κ3) is 3.75. The number of benzene rings is 1. The molecule has 1 aromatic carbocycles. The largest absolute Gasteiger partial charge is 0.477 e. The quantitative estimate of drug-likeness (QED) is 0.873. The lowest BCUT2D eigenvalue weighted by molar-refractivity contribution is 0.0690. The van der Waals surface area contributed by atoms with Gasteiger partial charge < -0.3 is 5.11 Å². The van der Waals surface area contributed by atoms with Crippen LogP contribution < -0.4 is 0 Å². The van der Waals surface area contributed by atoms with Crippen molar-refractivity contribution in [3.8, 4) is 0 Å². The van der Waals surface area contributed by atoms with Crippen molar-refractivity contribution in [2.45, 2.75) is 10.6 Å². The fourth-order valence-corrected chi connectivity index (χ4v) is 2.33. The number of aromatic nitrogens is 1. The molecule has 0 aliphatic rings. The summed E-state index contributed by atoms with van der Waals surface area (Å²) in [5.41, 5.74) is 0.437. The van der Waals surface area contributed by atoms with E-state index in [1.807, 2.05) is 0 Å². The van der Waals surface area contributed by atoms with Gasteiger partial charge in [-0.2, -0.15) is 0 Å². The smallest absolute Gasteiger partial charge is 0.354 e. The summed E-state index contributed by atoms with van der Waals surface area (Å²) in [6.45, 7) is 0. The summed E-state index contributed by atoms with van der Waals surface area (Å²) < 4.78 is 26.0. The molecule has 0 spiro atoms. The zero-order chi connectivity index (χ0) is 13.8. The molecule has 19 heavy (non-hydrogen) atoms. The Morgan fingerprint density at radius 3 is 2.53 bits per heavy atom. The Morgan fingerprint density at radius 1 is 1.21 bits per heavy atom. The first-order valence-electron chi connectivity index (χ1n) is 5.32. The van der Waals surface area contributed by atoms with Gasteiger partial charge in [-0.3, -0.25) is 0 Å². The molecule has 0 aliphatic carbocycles. The van der Waals surface area contributed by atoms with Crippen molar-refractivity contribution in [1.82, 2.24) is 4.98 Å². The van der Waals surface area contributed by atoms with Crippen molar-refractivity contribution in [2.24, 2.45) is 0 Å². The molecule has 2 rings (SSSR count). The number of hydrogen-bond acceptors (Lipinski definition) is 3. The average Bonchev–Trinajstić information content (AvgIpc) is 2.35. The number of pyridine rings is 1. The minimum absolute atomic E-state index is 0.0598. The molecule has 0 amide bonds. The molecular formula is C13H9F2NO2S. The number of halogens is 2. The first-order valence-corrected chi connectivity index (χ1v) is 6.30. The number of carboxylic acids is 1. The Bertz CT molecular complexity index is 599. The summed E-state index contributed by atoms with van der Waals surface area (Å²) in [6.07, 6.45) is 1.39. The summed E-state index contributed by atoms with van der Waals surface area (Å²) in [5.74, 6) is -2.02. The van der Waals surface area contributed by atoms with E-state index in [4.69, 9.17) is 5.11 Å². The van der Waals surface area contributed by atoms with Gasteiger partial charge in [-0.05, 0) is 29.8 Å². The van der Waals surface area contributed by atoms with E-state index in [-0.39, 0.29) is 5.69 Å². The monoisotopic (exact) mass is 281 g/mol. The van der Waals surface area contributed by atoms with E-state index in [2.05, 4.69) is 4.98 Å². The highest BCUT2D eigenvalue weighted by atomic mass is 32.2. The molecule has 0 bridgehead atoms. The van der Waals surface area contributed by atoms with Crippen LogP contribution in [-0.4, -0.2) is 16.1 Å². The van der Waals surface area contributed by atoms with Crippen LogP contribution in [0.4, 0.5) is 8.78 Å². The summed E-state index contributed by atoms with van der Waals surface area (Å²) in [7, 11) is 0. The zero-order valence-corrected chi connectivity index (χ0v) is 10.5. The van der Waals surface area contributed by atoms with Gasteiger partial charge >= 0.3 is 5.97 Å². The molecule has 1 N–H and O–H groups in total. The normalized spacial score (nSPS) is 10.4. The molecule has 1 heterocycles. The SMILES string of the molecule is O=C(O)c1cc(SCc2cc(F)cc(F)c2)ccn1. The number of nitrogens with zero attached hydrogens (tertiary/aromatic N) is 1. The van der Waals surface area contributed by atoms with Gasteiger partial charge in [-0.1, -0.05) is 0 Å². The second-order valence-corrected chi connectivity index (χ2v) is 4.80. The number of thioether (sulfide) groups is 1. The van der Waals surface area contributed by atoms with Crippen LogP contribution in [0.5, 0.6) is 0 Å². The average molecular weight is 281 g/mol. The van der Waals surface area contributed by atoms with Crippen molar-refractivity contribution in [1.29, 1.82) is 0 Å². The second-order valence-electron chi connectivity index (χ2n) is 3.75. The molecule has 2 aromatic rings. The van der Waals surface area contributed by atoms with E-state index in [0.29, 0.717) is 16.2 Å². The topological polar surface area (TPSA) is 50.2 Å². The van der Waals surface area contributed by atoms with E-state index >= 15 is 0 Å². The van der Waals surface area contributed by atoms with Gasteiger partial charge in [0, 0.05) is 22.9 Å². The van der Waals surface area contributed by atoms with Gasteiger partial charge in [0.2, 0.25) is 0 Å². The van der Waals surface area contributed by atoms with Crippen molar-refractivity contribution in [3.63, 3.8) is 0 Å². The molecule has 0 saturated carbocycles. The maximum absolute atomic E-state index is 13.0. The Kier molecular flexibility index (Phi) is 4.11. The zero-order valence-electron chi connectivity index (χ0n) is 9.64. The Morgan fingerprint density at radius 2 is 1.89 bits per heavy atom. The fourth-order valence-electron chi connectivity index (χ4n) is 1.48. The van der Waals surface area contributed by atoms with Crippen LogP contribution >= 0.6 is 11.8 Å². The van der Waals surface area contributed by atoms with Gasteiger partial charge in [0.1, 0.15) is 17.3 Å². The minimum atomic E-state index is -1.11. The third-order valence-corrected chi connectivity index (χ3v) is 3.34. The van der Waals surface area contributed by atoms with Gasteiger partial charge in [-0.25, -0.2) is 18.6 Å². The number of carbonyl (C=O) groups is 1. The minimum Gasteiger partial charge on any atom is -0.477 e. The molecule has 1 aromatic heterocycles. The van der Waals surface area contributed by atoms with E-state index in [1.54, 1.807) is 6.07 Å². The third-order valence-electron chi connectivity index (χ3n) is 2.28. The molecule has 0 fully saturated rings. The van der Waals surface area contributed by atoms with Crippen molar-refractivity contribution < 1.29 is 18.7 Å². The van der Waals surface area contributed by atoms with Crippen LogP contribution in [0, 0.1) is 11.6 Å². The molecule has 0 saturated heterocycles. The van der Waals surface area contributed by atoms with E-state index < -0.39 is 17.6 Å². The van der Waals surface area contributed by atoms with Crippen LogP contribution in [0.1, 0.15) is 16.1 Å². The number of rotatable bonds is 4. The Labute approximate surface area is 112 Å². The number of carboxylic acid groups (broad SMARTS) is 1. The molecular weight excluding hydrogens is 272 g/mol. The van der Waals surface area contributed by atoms with E-state index in [9.17, 15) is 13.6 Å². The molecule has 0 unspecified atom stereocenters. The first kappa shape index (κ1) is 13.5. The van der Waals surface area contributed by atoms with Crippen LogP contribution in [0.2, 0.25) is 0 Å². The lowest BCUT2D eigenvalue weighted by atomic mass is 10.2. The highest BCUT2D eigenvalue weighted by molar-refractivity contribution is 7.98. The Balaban J connectivity index is 2.10.